The number of rotatable bonds is 0. The molecular weight excluding hydrogens is 220 g/mol. The number of nitrogens with zero attached hydrogens (tertiary/aromatic N) is 2. The van der Waals surface area contributed by atoms with Crippen LogP contribution < -0.4 is 15.8 Å². The second-order valence-electron chi connectivity index (χ2n) is 4.23. The quantitative estimate of drug-likeness (QED) is 0.699. The summed E-state index contributed by atoms with van der Waals surface area (Å²) in [6.07, 6.45) is 7.89. The van der Waals surface area contributed by atoms with Crippen LogP contribution in [-0.4, -0.2) is 25.6 Å². The fourth-order valence-corrected chi connectivity index (χ4v) is 3.78. The van der Waals surface area contributed by atoms with E-state index in [1.807, 2.05) is 11.3 Å². The molecule has 5 heteroatoms. The zero-order chi connectivity index (χ0) is 10.5. The first-order valence-electron chi connectivity index (χ1n) is 5.50. The van der Waals surface area contributed by atoms with E-state index >= 15 is 0 Å². The van der Waals surface area contributed by atoms with E-state index in [1.54, 1.807) is 0 Å². The molecule has 16 heavy (non-hydrogen) atoms. The van der Waals surface area contributed by atoms with Crippen LogP contribution in [-0.2, 0) is 6.42 Å². The minimum Gasteiger partial charge on any atom is -0.330 e. The standard InChI is InChI=1S/C11H12N4S/c1-2-7-8-4-12-5-10-14-13-6-15(10)11(8)16-9(7)3-1/h1,3-4,10,13-14H,2,5-6H2. The van der Waals surface area contributed by atoms with E-state index in [0.29, 0.717) is 6.17 Å². The molecule has 3 aliphatic rings. The highest BCUT2D eigenvalue weighted by molar-refractivity contribution is 7.17. The third-order valence-electron chi connectivity index (χ3n) is 3.30. The molecule has 0 saturated carbocycles. The first kappa shape index (κ1) is 8.92. The lowest BCUT2D eigenvalue weighted by molar-refractivity contribution is 0.566. The molecule has 2 aliphatic heterocycles. The molecule has 1 atom stereocenters. The van der Waals surface area contributed by atoms with Gasteiger partial charge in [0.15, 0.2) is 0 Å². The Balaban J connectivity index is 1.91. The summed E-state index contributed by atoms with van der Waals surface area (Å²) < 4.78 is 0. The molecule has 1 unspecified atom stereocenters. The summed E-state index contributed by atoms with van der Waals surface area (Å²) in [7, 11) is 0. The van der Waals surface area contributed by atoms with Gasteiger partial charge in [0.25, 0.3) is 0 Å². The molecule has 1 aliphatic carbocycles. The predicted octanol–water partition coefficient (Wildman–Crippen LogP) is 0.948. The van der Waals surface area contributed by atoms with Gasteiger partial charge in [-0.15, -0.1) is 11.3 Å². The third kappa shape index (κ3) is 1.08. The number of hydrogen-bond donors (Lipinski definition) is 2. The summed E-state index contributed by atoms with van der Waals surface area (Å²) >= 11 is 1.88. The highest BCUT2D eigenvalue weighted by atomic mass is 32.1. The molecule has 2 N–H and O–H groups in total. The average Bonchev–Trinajstić information content (AvgIpc) is 2.93. The van der Waals surface area contributed by atoms with E-state index in [2.05, 4.69) is 39.1 Å². The van der Waals surface area contributed by atoms with Gasteiger partial charge in [-0.1, -0.05) is 6.08 Å². The van der Waals surface area contributed by atoms with Crippen molar-refractivity contribution in [1.82, 2.24) is 10.9 Å². The molecule has 4 rings (SSSR count). The van der Waals surface area contributed by atoms with E-state index in [4.69, 9.17) is 0 Å². The number of fused-ring (bicyclic) bond motifs is 5. The van der Waals surface area contributed by atoms with Gasteiger partial charge in [0.1, 0.15) is 11.2 Å². The predicted molar refractivity (Wildman–Crippen MR) is 66.9 cm³/mol. The van der Waals surface area contributed by atoms with E-state index < -0.39 is 0 Å². The normalized spacial score (nSPS) is 25.5. The average molecular weight is 232 g/mol. The van der Waals surface area contributed by atoms with Gasteiger partial charge < -0.3 is 4.90 Å². The van der Waals surface area contributed by atoms with Crippen LogP contribution in [0.4, 0.5) is 5.00 Å². The number of hydrogen-bond acceptors (Lipinski definition) is 5. The van der Waals surface area contributed by atoms with Crippen LogP contribution in [0.15, 0.2) is 11.1 Å². The summed E-state index contributed by atoms with van der Waals surface area (Å²) in [6.45, 7) is 1.68. The Morgan fingerprint density at radius 2 is 2.50 bits per heavy atom. The number of aliphatic imine (C=N–C) groups is 1. The Bertz CT molecular complexity index is 502. The van der Waals surface area contributed by atoms with Crippen molar-refractivity contribution in [2.45, 2.75) is 12.6 Å². The fourth-order valence-electron chi connectivity index (χ4n) is 2.50. The second-order valence-corrected chi connectivity index (χ2v) is 5.26. The molecule has 1 aromatic heterocycles. The van der Waals surface area contributed by atoms with Crippen molar-refractivity contribution in [2.75, 3.05) is 18.1 Å². The summed E-state index contributed by atoms with van der Waals surface area (Å²) in [5.41, 5.74) is 9.23. The van der Waals surface area contributed by atoms with Crippen molar-refractivity contribution in [1.29, 1.82) is 0 Å². The van der Waals surface area contributed by atoms with Crippen molar-refractivity contribution in [2.24, 2.45) is 4.99 Å². The lowest BCUT2D eigenvalue weighted by Crippen LogP contribution is -2.38. The van der Waals surface area contributed by atoms with Gasteiger partial charge in [-0.25, -0.2) is 10.9 Å². The smallest absolute Gasteiger partial charge is 0.114 e. The second kappa shape index (κ2) is 3.16. The number of thiophene rings is 1. The number of allylic oxidation sites excluding steroid dienone is 1. The van der Waals surface area contributed by atoms with Crippen LogP contribution in [0.2, 0.25) is 0 Å². The molecule has 0 bridgehead atoms. The highest BCUT2D eigenvalue weighted by Gasteiger charge is 2.31. The lowest BCUT2D eigenvalue weighted by atomic mass is 10.1. The maximum absolute atomic E-state index is 4.51. The Labute approximate surface area is 97.6 Å². The molecule has 3 heterocycles. The molecule has 1 saturated heterocycles. The Morgan fingerprint density at radius 3 is 3.50 bits per heavy atom. The zero-order valence-corrected chi connectivity index (χ0v) is 9.55. The van der Waals surface area contributed by atoms with Crippen molar-refractivity contribution < 1.29 is 0 Å². The zero-order valence-electron chi connectivity index (χ0n) is 8.73. The minimum absolute atomic E-state index is 0.306. The topological polar surface area (TPSA) is 39.7 Å². The Morgan fingerprint density at radius 1 is 1.50 bits per heavy atom. The highest BCUT2D eigenvalue weighted by Crippen LogP contribution is 2.40. The van der Waals surface area contributed by atoms with Crippen molar-refractivity contribution >= 4 is 28.6 Å². The van der Waals surface area contributed by atoms with Crippen LogP contribution in [0.3, 0.4) is 0 Å². The summed E-state index contributed by atoms with van der Waals surface area (Å²) in [6, 6.07) is 0. The van der Waals surface area contributed by atoms with Gasteiger partial charge in [-0.2, -0.15) is 0 Å². The van der Waals surface area contributed by atoms with Crippen LogP contribution in [0.25, 0.3) is 6.08 Å². The van der Waals surface area contributed by atoms with Crippen molar-refractivity contribution in [3.05, 3.63) is 22.1 Å². The number of nitrogens with one attached hydrogen (secondary N) is 2. The SMILES string of the molecule is C1=Cc2sc3c(c2C1)C=NCC1NNCN31. The summed E-state index contributed by atoms with van der Waals surface area (Å²) in [4.78, 5) is 8.29. The van der Waals surface area contributed by atoms with Crippen LogP contribution in [0.5, 0.6) is 0 Å². The first-order chi connectivity index (χ1) is 7.93. The van der Waals surface area contributed by atoms with E-state index in [0.717, 1.165) is 19.6 Å². The van der Waals surface area contributed by atoms with Gasteiger partial charge >= 0.3 is 0 Å². The molecule has 1 aromatic rings. The number of anilines is 1. The van der Waals surface area contributed by atoms with Crippen LogP contribution in [0, 0.1) is 0 Å². The first-order valence-corrected chi connectivity index (χ1v) is 6.32. The minimum atomic E-state index is 0.306. The molecule has 82 valence electrons. The molecule has 0 radical (unpaired) electrons. The summed E-state index contributed by atoms with van der Waals surface area (Å²) in [5, 5.41) is 1.36. The van der Waals surface area contributed by atoms with Gasteiger partial charge in [0, 0.05) is 16.7 Å². The number of hydrazine groups is 1. The molecule has 0 spiro atoms. The van der Waals surface area contributed by atoms with Crippen LogP contribution >= 0.6 is 11.3 Å². The van der Waals surface area contributed by atoms with Gasteiger partial charge in [0.2, 0.25) is 0 Å². The van der Waals surface area contributed by atoms with Crippen LogP contribution in [0.1, 0.15) is 16.0 Å². The molecule has 1 fully saturated rings. The molecule has 4 nitrogen and oxygen atoms in total. The maximum Gasteiger partial charge on any atom is 0.114 e. The van der Waals surface area contributed by atoms with E-state index in [9.17, 15) is 0 Å². The van der Waals surface area contributed by atoms with Crippen molar-refractivity contribution in [3.63, 3.8) is 0 Å². The monoisotopic (exact) mass is 232 g/mol. The molecular formula is C11H12N4S. The summed E-state index contributed by atoms with van der Waals surface area (Å²) in [5.74, 6) is 0. The largest absolute Gasteiger partial charge is 0.330 e. The lowest BCUT2D eigenvalue weighted by Gasteiger charge is -2.20. The van der Waals surface area contributed by atoms with Crippen molar-refractivity contribution in [3.8, 4) is 0 Å². The fraction of sp³-hybridized carbons (Fsp3) is 0.364. The van der Waals surface area contributed by atoms with Gasteiger partial charge in [0.05, 0.1) is 13.2 Å². The Hall–Kier alpha value is -1.17. The van der Waals surface area contributed by atoms with Gasteiger partial charge in [-0.3, -0.25) is 4.99 Å². The molecule has 0 amide bonds. The molecule has 0 aromatic carbocycles. The van der Waals surface area contributed by atoms with Gasteiger partial charge in [-0.05, 0) is 18.1 Å². The van der Waals surface area contributed by atoms with E-state index in [1.165, 1.54) is 21.0 Å². The maximum atomic E-state index is 4.51. The van der Waals surface area contributed by atoms with E-state index in [-0.39, 0.29) is 0 Å². The Kier molecular flexibility index (Phi) is 1.76. The third-order valence-corrected chi connectivity index (χ3v) is 4.55.